The number of hydrogen-bond donors (Lipinski definition) is 0. The average molecular weight is 375 g/mol. The van der Waals surface area contributed by atoms with Gasteiger partial charge in [-0.15, -0.1) is 0 Å². The number of rotatable bonds is 4. The van der Waals surface area contributed by atoms with E-state index >= 15 is 0 Å². The van der Waals surface area contributed by atoms with Crippen LogP contribution in [0.2, 0.25) is 0 Å². The molecule has 0 radical (unpaired) electrons. The van der Waals surface area contributed by atoms with Gasteiger partial charge in [0.25, 0.3) is 0 Å². The SMILES string of the molecule is Cc1cc(C)c(C2C(=O)C=C(CC3CCN(S(C)(=O)=O)C3)C2=O)c(C)c1. The van der Waals surface area contributed by atoms with Gasteiger partial charge in [-0.05, 0) is 62.3 Å². The number of Topliss-reactive ketones (excluding diaryl/α,β-unsaturated/α-hetero) is 1. The van der Waals surface area contributed by atoms with Crippen LogP contribution in [0.5, 0.6) is 0 Å². The van der Waals surface area contributed by atoms with Crippen LogP contribution in [0.25, 0.3) is 0 Å². The van der Waals surface area contributed by atoms with Crippen molar-refractivity contribution in [1.82, 2.24) is 4.31 Å². The molecule has 1 heterocycles. The van der Waals surface area contributed by atoms with E-state index in [1.165, 1.54) is 16.6 Å². The molecule has 2 atom stereocenters. The minimum Gasteiger partial charge on any atom is -0.294 e. The molecule has 0 spiro atoms. The first-order valence-electron chi connectivity index (χ1n) is 8.89. The van der Waals surface area contributed by atoms with Gasteiger partial charge in [0.15, 0.2) is 11.6 Å². The van der Waals surface area contributed by atoms with Crippen molar-refractivity contribution in [3.8, 4) is 0 Å². The Morgan fingerprint density at radius 2 is 1.73 bits per heavy atom. The van der Waals surface area contributed by atoms with E-state index in [-0.39, 0.29) is 17.5 Å². The number of carbonyl (C=O) groups excluding carboxylic acids is 2. The molecule has 0 bridgehead atoms. The van der Waals surface area contributed by atoms with E-state index in [0.717, 1.165) is 28.7 Å². The Bertz CT molecular complexity index is 891. The Balaban J connectivity index is 1.79. The number of hydrogen-bond acceptors (Lipinski definition) is 4. The van der Waals surface area contributed by atoms with E-state index in [9.17, 15) is 18.0 Å². The normalized spacial score (nSPS) is 24.4. The molecule has 1 saturated heterocycles. The molecular weight excluding hydrogens is 350 g/mol. The van der Waals surface area contributed by atoms with Crippen LogP contribution in [0.1, 0.15) is 41.0 Å². The van der Waals surface area contributed by atoms with Crippen LogP contribution in [0.3, 0.4) is 0 Å². The van der Waals surface area contributed by atoms with Gasteiger partial charge in [0.05, 0.1) is 6.26 Å². The Kier molecular flexibility index (Phi) is 4.92. The second-order valence-electron chi connectivity index (χ2n) is 7.66. The van der Waals surface area contributed by atoms with Gasteiger partial charge in [-0.3, -0.25) is 9.59 Å². The fraction of sp³-hybridized carbons (Fsp3) is 0.500. The van der Waals surface area contributed by atoms with E-state index in [1.807, 2.05) is 32.9 Å². The molecule has 3 rings (SSSR count). The molecule has 6 heteroatoms. The highest BCUT2D eigenvalue weighted by atomic mass is 32.2. The van der Waals surface area contributed by atoms with Crippen LogP contribution in [-0.4, -0.2) is 43.6 Å². The molecule has 140 valence electrons. The highest BCUT2D eigenvalue weighted by Crippen LogP contribution is 2.36. The summed E-state index contributed by atoms with van der Waals surface area (Å²) >= 11 is 0. The molecule has 0 N–H and O–H groups in total. The molecule has 1 aliphatic heterocycles. The van der Waals surface area contributed by atoms with Gasteiger partial charge >= 0.3 is 0 Å². The second kappa shape index (κ2) is 6.74. The third-order valence-corrected chi connectivity index (χ3v) is 6.70. The monoisotopic (exact) mass is 375 g/mol. The zero-order chi connectivity index (χ0) is 19.2. The van der Waals surface area contributed by atoms with E-state index in [0.29, 0.717) is 25.1 Å². The summed E-state index contributed by atoms with van der Waals surface area (Å²) in [6, 6.07) is 4.00. The molecule has 5 nitrogen and oxygen atoms in total. The molecule has 26 heavy (non-hydrogen) atoms. The highest BCUT2D eigenvalue weighted by molar-refractivity contribution is 7.88. The number of nitrogens with zero attached hydrogens (tertiary/aromatic N) is 1. The number of ketones is 2. The fourth-order valence-electron chi connectivity index (χ4n) is 4.30. The maximum absolute atomic E-state index is 13.0. The van der Waals surface area contributed by atoms with Gasteiger partial charge in [0, 0.05) is 18.7 Å². The zero-order valence-corrected chi connectivity index (χ0v) is 16.5. The lowest BCUT2D eigenvalue weighted by Crippen LogP contribution is -2.27. The molecule has 0 aromatic heterocycles. The van der Waals surface area contributed by atoms with Crippen molar-refractivity contribution in [3.05, 3.63) is 46.0 Å². The van der Waals surface area contributed by atoms with E-state index in [1.54, 1.807) is 0 Å². The lowest BCUT2D eigenvalue weighted by molar-refractivity contribution is -0.123. The van der Waals surface area contributed by atoms with Gasteiger partial charge in [0.2, 0.25) is 10.0 Å². The summed E-state index contributed by atoms with van der Waals surface area (Å²) in [5, 5.41) is 0. The van der Waals surface area contributed by atoms with Crippen molar-refractivity contribution in [2.45, 2.75) is 39.5 Å². The smallest absolute Gasteiger partial charge is 0.211 e. The summed E-state index contributed by atoms with van der Waals surface area (Å²) in [5.41, 5.74) is 4.41. The Morgan fingerprint density at radius 1 is 1.12 bits per heavy atom. The van der Waals surface area contributed by atoms with Crippen molar-refractivity contribution in [2.75, 3.05) is 19.3 Å². The van der Waals surface area contributed by atoms with Gasteiger partial charge in [-0.25, -0.2) is 12.7 Å². The van der Waals surface area contributed by atoms with Crippen LogP contribution in [0, 0.1) is 26.7 Å². The lowest BCUT2D eigenvalue weighted by atomic mass is 9.85. The second-order valence-corrected chi connectivity index (χ2v) is 9.64. The summed E-state index contributed by atoms with van der Waals surface area (Å²) in [4.78, 5) is 25.5. The standard InChI is InChI=1S/C20H25NO4S/c1-12-7-13(2)18(14(3)8-12)19-17(22)10-16(20(19)23)9-15-5-6-21(11-15)26(4,24)25/h7-8,10,15,19H,5-6,9,11H2,1-4H3. The first-order chi connectivity index (χ1) is 12.1. The molecule has 0 saturated carbocycles. The van der Waals surface area contributed by atoms with Crippen molar-refractivity contribution in [2.24, 2.45) is 5.92 Å². The Morgan fingerprint density at radius 3 is 2.27 bits per heavy atom. The van der Waals surface area contributed by atoms with Crippen LogP contribution >= 0.6 is 0 Å². The minimum atomic E-state index is -3.20. The predicted molar refractivity (Wildman–Crippen MR) is 101 cm³/mol. The molecule has 1 aromatic rings. The third-order valence-electron chi connectivity index (χ3n) is 5.43. The number of sulfonamides is 1. The Hall–Kier alpha value is -1.79. The average Bonchev–Trinajstić information content (AvgIpc) is 3.07. The zero-order valence-electron chi connectivity index (χ0n) is 15.7. The van der Waals surface area contributed by atoms with E-state index in [2.05, 4.69) is 0 Å². The van der Waals surface area contributed by atoms with E-state index in [4.69, 9.17) is 0 Å². The van der Waals surface area contributed by atoms with E-state index < -0.39 is 15.9 Å². The minimum absolute atomic E-state index is 0.0895. The first kappa shape index (κ1) is 19.0. The summed E-state index contributed by atoms with van der Waals surface area (Å²) in [7, 11) is -3.20. The molecule has 2 aliphatic rings. The number of benzene rings is 1. The fourth-order valence-corrected chi connectivity index (χ4v) is 5.21. The maximum Gasteiger partial charge on any atom is 0.211 e. The van der Waals surface area contributed by atoms with Crippen LogP contribution < -0.4 is 0 Å². The molecular formula is C20H25NO4S. The van der Waals surface area contributed by atoms with Crippen molar-refractivity contribution in [3.63, 3.8) is 0 Å². The van der Waals surface area contributed by atoms with Crippen LogP contribution in [-0.2, 0) is 19.6 Å². The summed E-state index contributed by atoms with van der Waals surface area (Å²) in [5.74, 6) is -0.925. The van der Waals surface area contributed by atoms with Crippen molar-refractivity contribution >= 4 is 21.6 Å². The molecule has 0 amide bonds. The Labute approximate surface area is 155 Å². The lowest BCUT2D eigenvalue weighted by Gasteiger charge is -2.17. The first-order valence-corrected chi connectivity index (χ1v) is 10.7. The predicted octanol–water partition coefficient (Wildman–Crippen LogP) is 2.45. The number of carbonyl (C=O) groups is 2. The van der Waals surface area contributed by atoms with Gasteiger partial charge in [-0.1, -0.05) is 17.7 Å². The third kappa shape index (κ3) is 3.53. The van der Waals surface area contributed by atoms with Crippen molar-refractivity contribution < 1.29 is 18.0 Å². The highest BCUT2D eigenvalue weighted by Gasteiger charge is 2.39. The summed E-state index contributed by atoms with van der Waals surface area (Å²) in [6.07, 6.45) is 3.88. The maximum atomic E-state index is 13.0. The number of aryl methyl sites for hydroxylation is 3. The quantitative estimate of drug-likeness (QED) is 0.758. The van der Waals surface area contributed by atoms with Crippen LogP contribution in [0.4, 0.5) is 0 Å². The van der Waals surface area contributed by atoms with Gasteiger partial charge in [0.1, 0.15) is 5.92 Å². The van der Waals surface area contributed by atoms with Crippen molar-refractivity contribution in [1.29, 1.82) is 0 Å². The molecule has 1 fully saturated rings. The molecule has 1 aliphatic carbocycles. The van der Waals surface area contributed by atoms with Gasteiger partial charge < -0.3 is 0 Å². The van der Waals surface area contributed by atoms with Gasteiger partial charge in [-0.2, -0.15) is 0 Å². The topological polar surface area (TPSA) is 71.5 Å². The number of allylic oxidation sites excluding steroid dienone is 2. The molecule has 1 aromatic carbocycles. The summed E-state index contributed by atoms with van der Waals surface area (Å²) in [6.45, 7) is 6.78. The largest absolute Gasteiger partial charge is 0.294 e. The summed E-state index contributed by atoms with van der Waals surface area (Å²) < 4.78 is 24.8. The van der Waals surface area contributed by atoms with Crippen LogP contribution in [0.15, 0.2) is 23.8 Å². The molecule has 2 unspecified atom stereocenters.